The number of allylic oxidation sites excluding steroid dienone is 1. The molecule has 2 nitrogen and oxygen atoms in total. The second kappa shape index (κ2) is 7.48. The molecule has 0 bridgehead atoms. The number of hydrogen-bond donors (Lipinski definition) is 1. The van der Waals surface area contributed by atoms with Crippen molar-refractivity contribution in [2.45, 2.75) is 104 Å². The quantitative estimate of drug-likeness (QED) is 0.461. The third-order valence-electron chi connectivity index (χ3n) is 10.6. The van der Waals surface area contributed by atoms with Crippen LogP contribution in [0.3, 0.4) is 0 Å². The van der Waals surface area contributed by atoms with Crippen LogP contribution in [-0.2, 0) is 4.74 Å². The molecule has 1 aromatic carbocycles. The molecule has 0 radical (unpaired) electrons. The van der Waals surface area contributed by atoms with Crippen LogP contribution >= 0.6 is 0 Å². The Labute approximate surface area is 200 Å². The lowest BCUT2D eigenvalue weighted by Gasteiger charge is -2.58. The zero-order valence-corrected chi connectivity index (χ0v) is 21.4. The van der Waals surface area contributed by atoms with Crippen LogP contribution in [0.4, 0.5) is 0 Å². The highest BCUT2D eigenvalue weighted by atomic mass is 16.5. The number of H-pyrrole nitrogens is 1. The average Bonchev–Trinajstić information content (AvgIpc) is 3.36. The summed E-state index contributed by atoms with van der Waals surface area (Å²) in [6, 6.07) is 9.44. The minimum absolute atomic E-state index is 0.0366. The van der Waals surface area contributed by atoms with E-state index in [0.29, 0.717) is 16.9 Å². The smallest absolute Gasteiger partial charge is 0.0619 e. The Hall–Kier alpha value is -1.54. The van der Waals surface area contributed by atoms with Gasteiger partial charge in [0.15, 0.2) is 0 Å². The second-order valence-corrected chi connectivity index (χ2v) is 13.4. The van der Waals surface area contributed by atoms with Crippen molar-refractivity contribution in [2.75, 3.05) is 0 Å². The lowest BCUT2D eigenvalue weighted by atomic mass is 9.47. The summed E-state index contributed by atoms with van der Waals surface area (Å²) < 4.78 is 6.44. The summed E-state index contributed by atoms with van der Waals surface area (Å²) in [7, 11) is 0. The topological polar surface area (TPSA) is 25.0 Å². The fraction of sp³-hybridized carbons (Fsp3) is 0.677. The van der Waals surface area contributed by atoms with E-state index in [0.717, 1.165) is 30.1 Å². The maximum absolute atomic E-state index is 6.44. The highest BCUT2D eigenvalue weighted by Gasteiger charge is 2.58. The Balaban J connectivity index is 1.26. The van der Waals surface area contributed by atoms with Gasteiger partial charge in [-0.1, -0.05) is 31.6 Å². The molecule has 2 heteroatoms. The van der Waals surface area contributed by atoms with Crippen LogP contribution < -0.4 is 0 Å². The summed E-state index contributed by atoms with van der Waals surface area (Å²) in [5.74, 6) is 3.34. The van der Waals surface area contributed by atoms with Gasteiger partial charge in [0.25, 0.3) is 0 Å². The molecule has 4 aliphatic rings. The van der Waals surface area contributed by atoms with Crippen molar-refractivity contribution < 1.29 is 4.74 Å². The number of ether oxygens (including phenoxy) is 1. The molecule has 3 saturated carbocycles. The molecule has 33 heavy (non-hydrogen) atoms. The summed E-state index contributed by atoms with van der Waals surface area (Å²) in [4.78, 5) is 3.37. The molecule has 2 aromatic rings. The van der Waals surface area contributed by atoms with Crippen molar-refractivity contribution in [2.24, 2.45) is 28.6 Å². The molecule has 3 fully saturated rings. The van der Waals surface area contributed by atoms with Crippen LogP contribution in [0.5, 0.6) is 0 Å². The van der Waals surface area contributed by atoms with Gasteiger partial charge in [0.05, 0.1) is 11.7 Å². The van der Waals surface area contributed by atoms with Gasteiger partial charge in [-0.15, -0.1) is 0 Å². The first-order valence-corrected chi connectivity index (χ1v) is 13.6. The van der Waals surface area contributed by atoms with Crippen LogP contribution in [0.25, 0.3) is 10.9 Å². The summed E-state index contributed by atoms with van der Waals surface area (Å²) in [6.07, 6.45) is 15.8. The summed E-state index contributed by atoms with van der Waals surface area (Å²) in [5, 5.41) is 1.38. The molecular formula is C31H43NO. The Morgan fingerprint density at radius 1 is 0.970 bits per heavy atom. The van der Waals surface area contributed by atoms with Gasteiger partial charge < -0.3 is 9.72 Å². The highest BCUT2D eigenvalue weighted by molar-refractivity contribution is 5.80. The molecular weight excluding hydrogens is 402 g/mol. The predicted molar refractivity (Wildman–Crippen MR) is 137 cm³/mol. The molecule has 7 atom stereocenters. The standard InChI is InChI=1S/C31H43NO/c1-29(2,3)33-23-12-15-30(4)22(19-23)7-8-24-26-10-9-25(31(26,5)16-13-27(24)30)20-6-11-28-21(18-20)14-17-32-28/h6-7,11,14,17-18,23-27,32H,8-10,12-13,15-16,19H2,1-5H3/t23-,24-,25+,26-,27-,30-,31+/m0/s1. The van der Waals surface area contributed by atoms with Gasteiger partial charge in [-0.25, -0.2) is 0 Å². The molecule has 178 valence electrons. The molecule has 1 aromatic heterocycles. The number of nitrogens with one attached hydrogen (secondary N) is 1. The Morgan fingerprint density at radius 3 is 2.64 bits per heavy atom. The Kier molecular flexibility index (Phi) is 4.98. The first-order chi connectivity index (χ1) is 15.7. The first kappa shape index (κ1) is 22.0. The largest absolute Gasteiger partial charge is 0.372 e. The molecule has 6 rings (SSSR count). The van der Waals surface area contributed by atoms with Crippen molar-refractivity contribution in [1.29, 1.82) is 0 Å². The minimum atomic E-state index is -0.0366. The van der Waals surface area contributed by atoms with E-state index in [-0.39, 0.29) is 5.60 Å². The second-order valence-electron chi connectivity index (χ2n) is 13.4. The van der Waals surface area contributed by atoms with E-state index in [2.05, 4.69) is 76.1 Å². The monoisotopic (exact) mass is 445 g/mol. The minimum Gasteiger partial charge on any atom is -0.372 e. The fourth-order valence-corrected chi connectivity index (χ4v) is 9.06. The van der Waals surface area contributed by atoms with E-state index < -0.39 is 0 Å². The number of fused-ring (bicyclic) bond motifs is 6. The third-order valence-corrected chi connectivity index (χ3v) is 10.6. The van der Waals surface area contributed by atoms with E-state index >= 15 is 0 Å². The molecule has 1 N–H and O–H groups in total. The lowest BCUT2D eigenvalue weighted by Crippen LogP contribution is -2.50. The maximum Gasteiger partial charge on any atom is 0.0619 e. The van der Waals surface area contributed by atoms with Crippen molar-refractivity contribution in [1.82, 2.24) is 4.98 Å². The van der Waals surface area contributed by atoms with Crippen LogP contribution in [0, 0.1) is 28.6 Å². The summed E-state index contributed by atoms with van der Waals surface area (Å²) in [6.45, 7) is 11.9. The van der Waals surface area contributed by atoms with Crippen LogP contribution in [0.2, 0.25) is 0 Å². The van der Waals surface area contributed by atoms with Crippen molar-refractivity contribution in [3.63, 3.8) is 0 Å². The summed E-state index contributed by atoms with van der Waals surface area (Å²) >= 11 is 0. The average molecular weight is 446 g/mol. The first-order valence-electron chi connectivity index (χ1n) is 13.6. The normalized spacial score (nSPS) is 40.8. The zero-order valence-electron chi connectivity index (χ0n) is 21.4. The SMILES string of the molecule is CC(C)(C)O[C@H]1CC[C@@]2(C)C(=CC[C@H]3[C@@H]4CC[C@H](c5ccc6[nH]ccc6c5)[C@@]4(C)CC[C@@H]32)C1. The van der Waals surface area contributed by atoms with E-state index in [4.69, 9.17) is 4.74 Å². The number of benzene rings is 1. The van der Waals surface area contributed by atoms with Gasteiger partial charge in [-0.05, 0) is 136 Å². The van der Waals surface area contributed by atoms with Crippen molar-refractivity contribution >= 4 is 10.9 Å². The Morgan fingerprint density at radius 2 is 1.82 bits per heavy atom. The third kappa shape index (κ3) is 3.46. The molecule has 4 aliphatic carbocycles. The Bertz CT molecular complexity index is 1070. The number of aromatic amines is 1. The van der Waals surface area contributed by atoms with Crippen LogP contribution in [0.1, 0.15) is 97.5 Å². The van der Waals surface area contributed by atoms with Gasteiger partial charge in [0.2, 0.25) is 0 Å². The molecule has 1 heterocycles. The van der Waals surface area contributed by atoms with E-state index in [1.54, 1.807) is 11.1 Å². The van der Waals surface area contributed by atoms with Gasteiger partial charge >= 0.3 is 0 Å². The van der Waals surface area contributed by atoms with Crippen molar-refractivity contribution in [3.8, 4) is 0 Å². The summed E-state index contributed by atoms with van der Waals surface area (Å²) in [5.41, 5.74) is 5.42. The molecule has 0 saturated heterocycles. The van der Waals surface area contributed by atoms with Crippen LogP contribution in [-0.4, -0.2) is 16.7 Å². The number of hydrogen-bond acceptors (Lipinski definition) is 1. The molecule has 0 spiro atoms. The number of rotatable bonds is 2. The molecule has 0 unspecified atom stereocenters. The van der Waals surface area contributed by atoms with Gasteiger partial charge in [-0.3, -0.25) is 0 Å². The van der Waals surface area contributed by atoms with Crippen molar-refractivity contribution in [3.05, 3.63) is 47.7 Å². The maximum atomic E-state index is 6.44. The lowest BCUT2D eigenvalue weighted by molar-refractivity contribution is -0.0922. The van der Waals surface area contributed by atoms with Crippen LogP contribution in [0.15, 0.2) is 42.1 Å². The van der Waals surface area contributed by atoms with Gasteiger partial charge in [-0.2, -0.15) is 0 Å². The molecule has 0 amide bonds. The van der Waals surface area contributed by atoms with E-state index in [1.807, 2.05) is 0 Å². The van der Waals surface area contributed by atoms with Gasteiger partial charge in [0, 0.05) is 11.7 Å². The van der Waals surface area contributed by atoms with E-state index in [9.17, 15) is 0 Å². The predicted octanol–water partition coefficient (Wildman–Crippen LogP) is 8.40. The van der Waals surface area contributed by atoms with Gasteiger partial charge in [0.1, 0.15) is 0 Å². The fourth-order valence-electron chi connectivity index (χ4n) is 9.06. The highest BCUT2D eigenvalue weighted by Crippen LogP contribution is 2.68. The van der Waals surface area contributed by atoms with E-state index in [1.165, 1.54) is 55.8 Å². The zero-order chi connectivity index (χ0) is 23.0. The number of aromatic nitrogens is 1. The molecule has 0 aliphatic heterocycles.